The van der Waals surface area contributed by atoms with Crippen LogP contribution in [0.1, 0.15) is 45.1 Å². The number of likely N-dealkylation sites (N-methyl/N-ethyl adjacent to an activating group) is 1. The van der Waals surface area contributed by atoms with E-state index < -0.39 is 12.1 Å². The van der Waals surface area contributed by atoms with E-state index in [9.17, 15) is 9.59 Å². The number of unbranched alkanes of at least 4 members (excludes halogenated alkanes) is 3. The molecule has 0 bridgehead atoms. The summed E-state index contributed by atoms with van der Waals surface area (Å²) in [5, 5.41) is 0. The van der Waals surface area contributed by atoms with Crippen molar-refractivity contribution >= 4 is 11.8 Å². The summed E-state index contributed by atoms with van der Waals surface area (Å²) >= 11 is 0. The molecule has 2 amide bonds. The third kappa shape index (κ3) is 6.45. The Kier molecular flexibility index (Phi) is 10.0. The SMILES string of the molecule is CCCCC/C=C/CN1C(=O)[C@H](Cc2ccc(-c3cc(OC)c(OC)c(OC)c3)cc2)N(C)C(=O)[C@@H]1C. The molecule has 1 saturated heterocycles. The molecule has 0 N–H and O–H groups in total. The first-order valence-electron chi connectivity index (χ1n) is 13.0. The summed E-state index contributed by atoms with van der Waals surface area (Å²) in [7, 11) is 6.49. The van der Waals surface area contributed by atoms with Crippen LogP contribution < -0.4 is 14.2 Å². The summed E-state index contributed by atoms with van der Waals surface area (Å²) in [4.78, 5) is 29.7. The van der Waals surface area contributed by atoms with Gasteiger partial charge in [0, 0.05) is 20.0 Å². The average Bonchev–Trinajstić information content (AvgIpc) is 2.92. The van der Waals surface area contributed by atoms with Gasteiger partial charge in [-0.15, -0.1) is 0 Å². The molecule has 1 aliphatic heterocycles. The first-order chi connectivity index (χ1) is 17.9. The summed E-state index contributed by atoms with van der Waals surface area (Å²) in [6, 6.07) is 10.8. The molecule has 0 aromatic heterocycles. The molecule has 0 spiro atoms. The smallest absolute Gasteiger partial charge is 0.246 e. The van der Waals surface area contributed by atoms with Gasteiger partial charge in [-0.25, -0.2) is 0 Å². The Morgan fingerprint density at radius 3 is 2.08 bits per heavy atom. The van der Waals surface area contributed by atoms with E-state index in [1.165, 1.54) is 12.8 Å². The van der Waals surface area contributed by atoms with Gasteiger partial charge in [0.15, 0.2) is 11.5 Å². The highest BCUT2D eigenvalue weighted by atomic mass is 16.5. The van der Waals surface area contributed by atoms with Crippen molar-refractivity contribution in [2.24, 2.45) is 0 Å². The van der Waals surface area contributed by atoms with Crippen LogP contribution in [0.3, 0.4) is 0 Å². The summed E-state index contributed by atoms with van der Waals surface area (Å²) < 4.78 is 16.4. The number of nitrogens with zero attached hydrogens (tertiary/aromatic N) is 2. The number of hydrogen-bond acceptors (Lipinski definition) is 5. The number of piperazine rings is 1. The lowest BCUT2D eigenvalue weighted by atomic mass is 9.96. The highest BCUT2D eigenvalue weighted by Gasteiger charge is 2.41. The van der Waals surface area contributed by atoms with E-state index in [1.807, 2.05) is 49.4 Å². The van der Waals surface area contributed by atoms with Crippen molar-refractivity contribution < 1.29 is 23.8 Å². The number of carbonyl (C=O) groups excluding carboxylic acids is 2. The maximum absolute atomic E-state index is 13.4. The van der Waals surface area contributed by atoms with E-state index >= 15 is 0 Å². The minimum absolute atomic E-state index is 0.0125. The van der Waals surface area contributed by atoms with Gasteiger partial charge in [-0.3, -0.25) is 9.59 Å². The summed E-state index contributed by atoms with van der Waals surface area (Å²) in [5.74, 6) is 1.67. The normalized spacial score (nSPS) is 18.0. The molecule has 1 fully saturated rings. The number of rotatable bonds is 12. The Labute approximate surface area is 221 Å². The lowest BCUT2D eigenvalue weighted by molar-refractivity contribution is -0.158. The quantitative estimate of drug-likeness (QED) is 0.294. The molecule has 2 aromatic carbocycles. The van der Waals surface area contributed by atoms with E-state index in [0.29, 0.717) is 30.2 Å². The van der Waals surface area contributed by atoms with Gasteiger partial charge in [0.05, 0.1) is 21.3 Å². The molecule has 0 unspecified atom stereocenters. The van der Waals surface area contributed by atoms with Gasteiger partial charge in [0.2, 0.25) is 17.6 Å². The lowest BCUT2D eigenvalue weighted by Crippen LogP contribution is -2.63. The lowest BCUT2D eigenvalue weighted by Gasteiger charge is -2.42. The monoisotopic (exact) mass is 508 g/mol. The van der Waals surface area contributed by atoms with Crippen LogP contribution in [0.15, 0.2) is 48.6 Å². The van der Waals surface area contributed by atoms with Gasteiger partial charge in [-0.1, -0.05) is 56.2 Å². The summed E-state index contributed by atoms with van der Waals surface area (Å²) in [6.07, 6.45) is 9.13. The Hall–Kier alpha value is -3.48. The molecule has 2 atom stereocenters. The molecule has 7 nitrogen and oxygen atoms in total. The van der Waals surface area contributed by atoms with Crippen LogP contribution in [0, 0.1) is 0 Å². The zero-order valence-electron chi connectivity index (χ0n) is 23.0. The first kappa shape index (κ1) is 28.1. The van der Waals surface area contributed by atoms with Crippen LogP contribution in [0.2, 0.25) is 0 Å². The topological polar surface area (TPSA) is 68.3 Å². The highest BCUT2D eigenvalue weighted by molar-refractivity contribution is 5.96. The first-order valence-corrected chi connectivity index (χ1v) is 13.0. The highest BCUT2D eigenvalue weighted by Crippen LogP contribution is 2.41. The van der Waals surface area contributed by atoms with E-state index in [1.54, 1.807) is 38.2 Å². The van der Waals surface area contributed by atoms with Crippen molar-refractivity contribution in [1.29, 1.82) is 0 Å². The van der Waals surface area contributed by atoms with Crippen LogP contribution in [0.5, 0.6) is 17.2 Å². The fourth-order valence-corrected chi connectivity index (χ4v) is 4.72. The number of allylic oxidation sites excluding steroid dienone is 1. The van der Waals surface area contributed by atoms with E-state index in [2.05, 4.69) is 13.0 Å². The Balaban J connectivity index is 1.75. The molecule has 1 aliphatic rings. The van der Waals surface area contributed by atoms with Crippen molar-refractivity contribution in [3.8, 4) is 28.4 Å². The third-order valence-corrected chi connectivity index (χ3v) is 7.03. The van der Waals surface area contributed by atoms with Gasteiger partial charge >= 0.3 is 0 Å². The second kappa shape index (κ2) is 13.2. The average molecular weight is 509 g/mol. The number of ether oxygens (including phenoxy) is 3. The number of benzene rings is 2. The van der Waals surface area contributed by atoms with Gasteiger partial charge < -0.3 is 24.0 Å². The van der Waals surface area contributed by atoms with Crippen molar-refractivity contribution in [2.75, 3.05) is 34.9 Å². The van der Waals surface area contributed by atoms with Crippen LogP contribution in [0.25, 0.3) is 11.1 Å². The molecule has 0 aliphatic carbocycles. The maximum Gasteiger partial charge on any atom is 0.246 e. The number of methoxy groups -OCH3 is 3. The zero-order chi connectivity index (χ0) is 26.9. The molecule has 3 rings (SSSR count). The maximum atomic E-state index is 13.4. The molecule has 0 saturated carbocycles. The molecular weight excluding hydrogens is 468 g/mol. The molecule has 2 aromatic rings. The second-order valence-electron chi connectivity index (χ2n) is 9.41. The van der Waals surface area contributed by atoms with E-state index in [-0.39, 0.29) is 11.8 Å². The predicted octanol–water partition coefficient (Wildman–Crippen LogP) is 5.12. The molecule has 200 valence electrons. The zero-order valence-corrected chi connectivity index (χ0v) is 23.0. The number of carbonyl (C=O) groups is 2. The fraction of sp³-hybridized carbons (Fsp3) is 0.467. The molecule has 37 heavy (non-hydrogen) atoms. The van der Waals surface area contributed by atoms with Crippen molar-refractivity contribution in [3.63, 3.8) is 0 Å². The third-order valence-electron chi connectivity index (χ3n) is 7.03. The minimum Gasteiger partial charge on any atom is -0.493 e. The fourth-order valence-electron chi connectivity index (χ4n) is 4.72. The molecule has 1 heterocycles. The van der Waals surface area contributed by atoms with Gasteiger partial charge in [-0.05, 0) is 48.6 Å². The van der Waals surface area contributed by atoms with Crippen LogP contribution in [-0.4, -0.2) is 68.6 Å². The summed E-state index contributed by atoms with van der Waals surface area (Å²) in [6.45, 7) is 4.45. The Morgan fingerprint density at radius 2 is 1.51 bits per heavy atom. The Bertz CT molecular complexity index is 1070. The summed E-state index contributed by atoms with van der Waals surface area (Å²) in [5.41, 5.74) is 2.89. The van der Waals surface area contributed by atoms with Gasteiger partial charge in [0.1, 0.15) is 12.1 Å². The van der Waals surface area contributed by atoms with Crippen molar-refractivity contribution in [1.82, 2.24) is 9.80 Å². The van der Waals surface area contributed by atoms with E-state index in [0.717, 1.165) is 29.5 Å². The van der Waals surface area contributed by atoms with Crippen molar-refractivity contribution in [3.05, 3.63) is 54.1 Å². The number of amides is 2. The molecular formula is C30H40N2O5. The van der Waals surface area contributed by atoms with Crippen LogP contribution in [0.4, 0.5) is 0 Å². The predicted molar refractivity (Wildman–Crippen MR) is 146 cm³/mol. The Morgan fingerprint density at radius 1 is 0.865 bits per heavy atom. The largest absolute Gasteiger partial charge is 0.493 e. The van der Waals surface area contributed by atoms with Crippen molar-refractivity contribution in [2.45, 2.75) is 58.0 Å². The van der Waals surface area contributed by atoms with Gasteiger partial charge in [0.25, 0.3) is 0 Å². The molecule has 0 radical (unpaired) electrons. The standard InChI is InChI=1S/C30H40N2O5/c1-7-8-9-10-11-12-17-32-21(2)29(33)31(3)25(30(32)34)18-22-13-15-23(16-14-22)24-19-26(35-4)28(37-6)27(20-24)36-5/h11-16,19-21,25H,7-10,17-18H2,1-6H3/b12-11+/t21-,25-/m0/s1. The molecule has 7 heteroatoms. The minimum atomic E-state index is -0.524. The van der Waals surface area contributed by atoms with E-state index in [4.69, 9.17) is 14.2 Å². The van der Waals surface area contributed by atoms with Crippen LogP contribution >= 0.6 is 0 Å². The second-order valence-corrected chi connectivity index (χ2v) is 9.41. The van der Waals surface area contributed by atoms with Gasteiger partial charge in [-0.2, -0.15) is 0 Å². The number of hydrogen-bond donors (Lipinski definition) is 0. The van der Waals surface area contributed by atoms with Crippen LogP contribution in [-0.2, 0) is 16.0 Å².